The SMILES string of the molecule is CNCc1cccc(S(=O)(=O)Nc2cnccc2C)c1. The Balaban J connectivity index is 2.31. The highest BCUT2D eigenvalue weighted by Crippen LogP contribution is 2.19. The molecule has 1 heterocycles. The molecule has 2 N–H and O–H groups in total. The van der Waals surface area contributed by atoms with Crippen molar-refractivity contribution in [1.29, 1.82) is 0 Å². The molecule has 0 aliphatic carbocycles. The Labute approximate surface area is 119 Å². The predicted octanol–water partition coefficient (Wildman–Crippen LogP) is 1.91. The molecule has 0 atom stereocenters. The molecule has 2 rings (SSSR count). The van der Waals surface area contributed by atoms with Crippen molar-refractivity contribution in [2.75, 3.05) is 11.8 Å². The topological polar surface area (TPSA) is 71.1 Å². The van der Waals surface area contributed by atoms with Gasteiger partial charge in [0.15, 0.2) is 0 Å². The number of nitrogens with one attached hydrogen (secondary N) is 2. The smallest absolute Gasteiger partial charge is 0.261 e. The van der Waals surface area contributed by atoms with Gasteiger partial charge in [0.05, 0.1) is 16.8 Å². The zero-order valence-corrected chi connectivity index (χ0v) is 12.2. The summed E-state index contributed by atoms with van der Waals surface area (Å²) < 4.78 is 27.3. The fourth-order valence-electron chi connectivity index (χ4n) is 1.80. The number of hydrogen-bond acceptors (Lipinski definition) is 4. The molecule has 0 spiro atoms. The molecule has 0 aliphatic rings. The fourth-order valence-corrected chi connectivity index (χ4v) is 2.99. The third-order valence-electron chi connectivity index (χ3n) is 2.87. The third-order valence-corrected chi connectivity index (χ3v) is 4.24. The first-order chi connectivity index (χ1) is 9.53. The molecule has 0 saturated heterocycles. The predicted molar refractivity (Wildman–Crippen MR) is 79.0 cm³/mol. The molecule has 0 fully saturated rings. The molecule has 0 aliphatic heterocycles. The van der Waals surface area contributed by atoms with Gasteiger partial charge in [0.25, 0.3) is 10.0 Å². The molecule has 20 heavy (non-hydrogen) atoms. The van der Waals surface area contributed by atoms with Crippen molar-refractivity contribution in [2.24, 2.45) is 0 Å². The summed E-state index contributed by atoms with van der Waals surface area (Å²) in [6.45, 7) is 2.45. The van der Waals surface area contributed by atoms with Crippen molar-refractivity contribution in [3.8, 4) is 0 Å². The van der Waals surface area contributed by atoms with Crippen molar-refractivity contribution in [1.82, 2.24) is 10.3 Å². The number of benzene rings is 1. The minimum absolute atomic E-state index is 0.244. The number of pyridine rings is 1. The van der Waals surface area contributed by atoms with Crippen LogP contribution in [0.15, 0.2) is 47.6 Å². The van der Waals surface area contributed by atoms with E-state index in [0.717, 1.165) is 11.1 Å². The second-order valence-corrected chi connectivity index (χ2v) is 6.16. The Morgan fingerprint density at radius 1 is 1.25 bits per heavy atom. The van der Waals surface area contributed by atoms with E-state index >= 15 is 0 Å². The van der Waals surface area contributed by atoms with Gasteiger partial charge in [-0.2, -0.15) is 0 Å². The summed E-state index contributed by atoms with van der Waals surface area (Å²) in [5, 5.41) is 3.00. The van der Waals surface area contributed by atoms with Crippen LogP contribution >= 0.6 is 0 Å². The summed E-state index contributed by atoms with van der Waals surface area (Å²) in [5.74, 6) is 0. The number of aryl methyl sites for hydroxylation is 1. The Morgan fingerprint density at radius 3 is 2.75 bits per heavy atom. The van der Waals surface area contributed by atoms with E-state index in [-0.39, 0.29) is 4.90 Å². The Kier molecular flexibility index (Phi) is 4.36. The molecule has 0 saturated carbocycles. The second kappa shape index (κ2) is 6.02. The second-order valence-electron chi connectivity index (χ2n) is 4.47. The van der Waals surface area contributed by atoms with Gasteiger partial charge in [-0.1, -0.05) is 12.1 Å². The summed E-state index contributed by atoms with van der Waals surface area (Å²) in [4.78, 5) is 4.18. The van der Waals surface area contributed by atoms with E-state index in [4.69, 9.17) is 0 Å². The van der Waals surface area contributed by atoms with Crippen LogP contribution in [0.5, 0.6) is 0 Å². The van der Waals surface area contributed by atoms with Crippen molar-refractivity contribution in [3.05, 3.63) is 53.9 Å². The number of nitrogens with zero attached hydrogens (tertiary/aromatic N) is 1. The van der Waals surface area contributed by atoms with Gasteiger partial charge < -0.3 is 5.32 Å². The summed E-state index contributed by atoms with van der Waals surface area (Å²) in [6, 6.07) is 8.61. The van der Waals surface area contributed by atoms with Crippen LogP contribution < -0.4 is 10.0 Å². The Hall–Kier alpha value is -1.92. The molecule has 0 bridgehead atoms. The van der Waals surface area contributed by atoms with Gasteiger partial charge in [0.2, 0.25) is 0 Å². The van der Waals surface area contributed by atoms with Crippen LogP contribution in [-0.4, -0.2) is 20.4 Å². The quantitative estimate of drug-likeness (QED) is 0.883. The highest BCUT2D eigenvalue weighted by molar-refractivity contribution is 7.92. The molecule has 1 aromatic heterocycles. The molecule has 6 heteroatoms. The molecule has 2 aromatic rings. The van der Waals surface area contributed by atoms with Gasteiger partial charge >= 0.3 is 0 Å². The molecular weight excluding hydrogens is 274 g/mol. The number of hydrogen-bond donors (Lipinski definition) is 2. The molecule has 106 valence electrons. The number of anilines is 1. The van der Waals surface area contributed by atoms with E-state index in [9.17, 15) is 8.42 Å². The Morgan fingerprint density at radius 2 is 2.05 bits per heavy atom. The molecule has 5 nitrogen and oxygen atoms in total. The van der Waals surface area contributed by atoms with E-state index in [2.05, 4.69) is 15.0 Å². The van der Waals surface area contributed by atoms with Crippen LogP contribution in [-0.2, 0) is 16.6 Å². The standard InChI is InChI=1S/C14H17N3O2S/c1-11-6-7-16-10-14(11)17-20(18,19)13-5-3-4-12(8-13)9-15-2/h3-8,10,15,17H,9H2,1-2H3. The van der Waals surface area contributed by atoms with Gasteiger partial charge in [-0.3, -0.25) is 9.71 Å². The molecule has 0 amide bonds. The monoisotopic (exact) mass is 291 g/mol. The van der Waals surface area contributed by atoms with Crippen LogP contribution in [0.25, 0.3) is 0 Å². The zero-order chi connectivity index (χ0) is 14.6. The molecular formula is C14H17N3O2S. The normalized spacial score (nSPS) is 11.3. The van der Waals surface area contributed by atoms with Crippen molar-refractivity contribution in [3.63, 3.8) is 0 Å². The van der Waals surface area contributed by atoms with Crippen molar-refractivity contribution in [2.45, 2.75) is 18.4 Å². The number of aromatic nitrogens is 1. The van der Waals surface area contributed by atoms with Crippen molar-refractivity contribution >= 4 is 15.7 Å². The maximum atomic E-state index is 12.4. The van der Waals surface area contributed by atoms with Crippen LogP contribution in [0.3, 0.4) is 0 Å². The summed E-state index contributed by atoms with van der Waals surface area (Å²) in [6.07, 6.45) is 3.13. The van der Waals surface area contributed by atoms with E-state index in [1.165, 1.54) is 6.20 Å². The van der Waals surface area contributed by atoms with Crippen LogP contribution in [0.2, 0.25) is 0 Å². The average Bonchev–Trinajstić information content (AvgIpc) is 2.42. The van der Waals surface area contributed by atoms with Gasteiger partial charge in [0, 0.05) is 12.7 Å². The minimum atomic E-state index is -3.59. The number of sulfonamides is 1. The lowest BCUT2D eigenvalue weighted by atomic mass is 10.2. The minimum Gasteiger partial charge on any atom is -0.316 e. The van der Waals surface area contributed by atoms with E-state index in [0.29, 0.717) is 12.2 Å². The highest BCUT2D eigenvalue weighted by atomic mass is 32.2. The van der Waals surface area contributed by atoms with Gasteiger partial charge in [-0.05, 0) is 43.3 Å². The molecule has 0 radical (unpaired) electrons. The summed E-state index contributed by atoms with van der Waals surface area (Å²) in [7, 11) is -1.78. The van der Waals surface area contributed by atoms with E-state index < -0.39 is 10.0 Å². The maximum absolute atomic E-state index is 12.4. The summed E-state index contributed by atoms with van der Waals surface area (Å²) in [5.41, 5.74) is 2.24. The van der Waals surface area contributed by atoms with Crippen LogP contribution in [0.1, 0.15) is 11.1 Å². The van der Waals surface area contributed by atoms with Crippen LogP contribution in [0.4, 0.5) is 5.69 Å². The first kappa shape index (κ1) is 14.5. The Bertz CT molecular complexity index is 699. The lowest BCUT2D eigenvalue weighted by Crippen LogP contribution is -2.14. The fraction of sp³-hybridized carbons (Fsp3) is 0.214. The van der Waals surface area contributed by atoms with E-state index in [1.54, 1.807) is 30.5 Å². The lowest BCUT2D eigenvalue weighted by Gasteiger charge is -2.10. The largest absolute Gasteiger partial charge is 0.316 e. The van der Waals surface area contributed by atoms with Gasteiger partial charge in [0.1, 0.15) is 0 Å². The van der Waals surface area contributed by atoms with Gasteiger partial charge in [-0.25, -0.2) is 8.42 Å². The molecule has 1 aromatic carbocycles. The number of rotatable bonds is 5. The highest BCUT2D eigenvalue weighted by Gasteiger charge is 2.15. The first-order valence-corrected chi connectivity index (χ1v) is 7.68. The maximum Gasteiger partial charge on any atom is 0.261 e. The lowest BCUT2D eigenvalue weighted by molar-refractivity contribution is 0.601. The first-order valence-electron chi connectivity index (χ1n) is 6.20. The molecule has 0 unspecified atom stereocenters. The average molecular weight is 291 g/mol. The third kappa shape index (κ3) is 3.34. The summed E-state index contributed by atoms with van der Waals surface area (Å²) >= 11 is 0. The van der Waals surface area contributed by atoms with E-state index in [1.807, 2.05) is 20.0 Å². The zero-order valence-electron chi connectivity index (χ0n) is 11.4. The van der Waals surface area contributed by atoms with Crippen molar-refractivity contribution < 1.29 is 8.42 Å². The van der Waals surface area contributed by atoms with Gasteiger partial charge in [-0.15, -0.1) is 0 Å². The van der Waals surface area contributed by atoms with Crippen LogP contribution in [0, 0.1) is 6.92 Å².